The Labute approximate surface area is 121 Å². The van der Waals surface area contributed by atoms with E-state index in [-0.39, 0.29) is 11.8 Å². The van der Waals surface area contributed by atoms with E-state index in [1.54, 1.807) is 36.4 Å². The third kappa shape index (κ3) is 3.10. The van der Waals surface area contributed by atoms with Crippen molar-refractivity contribution in [1.29, 1.82) is 5.26 Å². The Morgan fingerprint density at radius 1 is 1.35 bits per heavy atom. The van der Waals surface area contributed by atoms with Gasteiger partial charge in [-0.1, -0.05) is 0 Å². The third-order valence-corrected chi connectivity index (χ3v) is 3.40. The van der Waals surface area contributed by atoms with Crippen LogP contribution >= 0.6 is 11.3 Å². The van der Waals surface area contributed by atoms with E-state index >= 15 is 0 Å². The number of nitrogens with two attached hydrogens (primary N) is 1. The summed E-state index contributed by atoms with van der Waals surface area (Å²) >= 11 is 1.60. The highest BCUT2D eigenvalue weighted by Crippen LogP contribution is 2.22. The molecule has 2 rings (SSSR count). The fourth-order valence-corrected chi connectivity index (χ4v) is 2.34. The van der Waals surface area contributed by atoms with E-state index in [0.29, 0.717) is 11.5 Å². The zero-order chi connectivity index (χ0) is 14.7. The first-order valence-electron chi connectivity index (χ1n) is 5.87. The molecule has 102 valence electrons. The molecule has 0 radical (unpaired) electrons. The Kier molecular flexibility index (Phi) is 3.96. The molecular weight excluding hydrogens is 272 g/mol. The van der Waals surface area contributed by atoms with Crippen LogP contribution in [0.25, 0.3) is 11.6 Å². The van der Waals surface area contributed by atoms with Crippen LogP contribution in [0.3, 0.4) is 0 Å². The van der Waals surface area contributed by atoms with Crippen LogP contribution in [-0.4, -0.2) is 29.0 Å². The molecule has 7 heteroatoms. The van der Waals surface area contributed by atoms with Crippen LogP contribution in [0.2, 0.25) is 0 Å². The Bertz CT molecular complexity index is 695. The van der Waals surface area contributed by atoms with Crippen LogP contribution in [-0.2, 0) is 0 Å². The lowest BCUT2D eigenvalue weighted by Gasteiger charge is -2.10. The molecule has 0 aliphatic carbocycles. The molecule has 2 heterocycles. The van der Waals surface area contributed by atoms with Crippen molar-refractivity contribution in [3.8, 4) is 6.07 Å². The van der Waals surface area contributed by atoms with Crippen LogP contribution in [0, 0.1) is 18.3 Å². The molecule has 2 aromatic heterocycles. The monoisotopic (exact) mass is 286 g/mol. The van der Waals surface area contributed by atoms with Gasteiger partial charge < -0.3 is 10.6 Å². The molecule has 0 saturated heterocycles. The molecular formula is C13H14N6S. The Morgan fingerprint density at radius 2 is 2.10 bits per heavy atom. The zero-order valence-electron chi connectivity index (χ0n) is 11.5. The van der Waals surface area contributed by atoms with Gasteiger partial charge in [0, 0.05) is 23.8 Å². The average Bonchev–Trinajstić information content (AvgIpc) is 2.80. The van der Waals surface area contributed by atoms with Crippen LogP contribution in [0.5, 0.6) is 0 Å². The van der Waals surface area contributed by atoms with Crippen molar-refractivity contribution in [2.75, 3.05) is 24.7 Å². The number of allylic oxidation sites excluding steroid dienone is 1. The highest BCUT2D eigenvalue weighted by molar-refractivity contribution is 7.12. The second-order valence-electron chi connectivity index (χ2n) is 4.33. The number of hydrogen-bond acceptors (Lipinski definition) is 7. The maximum atomic E-state index is 9.30. The number of thiophene rings is 1. The Balaban J connectivity index is 2.47. The molecule has 0 atom stereocenters. The van der Waals surface area contributed by atoms with Crippen molar-refractivity contribution < 1.29 is 0 Å². The maximum Gasteiger partial charge on any atom is 0.230 e. The van der Waals surface area contributed by atoms with Gasteiger partial charge >= 0.3 is 0 Å². The first-order valence-corrected chi connectivity index (χ1v) is 6.68. The van der Waals surface area contributed by atoms with Crippen molar-refractivity contribution in [2.24, 2.45) is 0 Å². The molecule has 0 fully saturated rings. The van der Waals surface area contributed by atoms with E-state index in [9.17, 15) is 5.26 Å². The summed E-state index contributed by atoms with van der Waals surface area (Å²) in [5, 5.41) is 9.30. The van der Waals surface area contributed by atoms with Gasteiger partial charge in [-0.25, -0.2) is 0 Å². The molecule has 0 spiro atoms. The number of hydrogen-bond donors (Lipinski definition) is 1. The molecule has 20 heavy (non-hydrogen) atoms. The van der Waals surface area contributed by atoms with Gasteiger partial charge in [-0.2, -0.15) is 20.2 Å². The van der Waals surface area contributed by atoms with Gasteiger partial charge in [0.15, 0.2) is 5.82 Å². The normalized spacial score (nSPS) is 11.2. The first kappa shape index (κ1) is 14.0. The quantitative estimate of drug-likeness (QED) is 0.867. The molecule has 0 bridgehead atoms. The molecule has 0 aromatic carbocycles. The summed E-state index contributed by atoms with van der Waals surface area (Å²) in [7, 11) is 3.61. The predicted molar refractivity (Wildman–Crippen MR) is 81.1 cm³/mol. The van der Waals surface area contributed by atoms with E-state index in [1.807, 2.05) is 19.1 Å². The SMILES string of the molecule is Cc1ccc(C=C(C#N)c2nc(N)nc(N(C)C)n2)s1. The minimum atomic E-state index is 0.0993. The Morgan fingerprint density at radius 3 is 2.65 bits per heavy atom. The van der Waals surface area contributed by atoms with Crippen LogP contribution in [0.4, 0.5) is 11.9 Å². The van der Waals surface area contributed by atoms with Gasteiger partial charge in [-0.15, -0.1) is 11.3 Å². The number of aryl methyl sites for hydroxylation is 1. The Hall–Kier alpha value is -2.46. The number of anilines is 2. The summed E-state index contributed by atoms with van der Waals surface area (Å²) in [6, 6.07) is 6.06. The molecule has 0 aliphatic heterocycles. The summed E-state index contributed by atoms with van der Waals surface area (Å²) in [4.78, 5) is 16.2. The van der Waals surface area contributed by atoms with Gasteiger partial charge in [-0.3, -0.25) is 0 Å². The summed E-state index contributed by atoms with van der Waals surface area (Å²) in [6.45, 7) is 2.01. The number of rotatable bonds is 3. The van der Waals surface area contributed by atoms with Gasteiger partial charge in [-0.05, 0) is 25.1 Å². The number of nitriles is 1. The summed E-state index contributed by atoms with van der Waals surface area (Å²) in [5.41, 5.74) is 6.03. The van der Waals surface area contributed by atoms with E-state index < -0.39 is 0 Å². The topological polar surface area (TPSA) is 91.7 Å². The first-order chi connectivity index (χ1) is 9.49. The van der Waals surface area contributed by atoms with E-state index in [0.717, 1.165) is 4.88 Å². The highest BCUT2D eigenvalue weighted by atomic mass is 32.1. The lowest BCUT2D eigenvalue weighted by molar-refractivity contribution is 0.952. The maximum absolute atomic E-state index is 9.30. The van der Waals surface area contributed by atoms with Crippen molar-refractivity contribution in [1.82, 2.24) is 15.0 Å². The van der Waals surface area contributed by atoms with Gasteiger partial charge in [0.25, 0.3) is 0 Å². The van der Waals surface area contributed by atoms with Gasteiger partial charge in [0.05, 0.1) is 5.57 Å². The third-order valence-electron chi connectivity index (χ3n) is 2.45. The van der Waals surface area contributed by atoms with Crippen LogP contribution in [0.15, 0.2) is 12.1 Å². The van der Waals surface area contributed by atoms with Crippen molar-refractivity contribution in [2.45, 2.75) is 6.92 Å². The molecule has 2 N–H and O–H groups in total. The predicted octanol–water partition coefficient (Wildman–Crippen LogP) is 1.95. The standard InChI is InChI=1S/C13H14N6S/c1-8-4-5-10(20-8)6-9(7-14)11-16-12(15)18-13(17-11)19(2)3/h4-6H,1-3H3,(H2,15,16,17,18). The van der Waals surface area contributed by atoms with Crippen LogP contribution in [0.1, 0.15) is 15.6 Å². The van der Waals surface area contributed by atoms with E-state index in [4.69, 9.17) is 5.73 Å². The fourth-order valence-electron chi connectivity index (χ4n) is 1.52. The van der Waals surface area contributed by atoms with Crippen molar-refractivity contribution in [3.05, 3.63) is 27.7 Å². The van der Waals surface area contributed by atoms with Gasteiger partial charge in [0.2, 0.25) is 11.9 Å². The zero-order valence-corrected chi connectivity index (χ0v) is 12.3. The summed E-state index contributed by atoms with van der Waals surface area (Å²) in [6.07, 6.45) is 1.76. The smallest absolute Gasteiger partial charge is 0.230 e. The fraction of sp³-hybridized carbons (Fsp3) is 0.231. The lowest BCUT2D eigenvalue weighted by Crippen LogP contribution is -2.15. The second kappa shape index (κ2) is 5.67. The highest BCUT2D eigenvalue weighted by Gasteiger charge is 2.11. The molecule has 0 saturated carbocycles. The largest absolute Gasteiger partial charge is 0.368 e. The lowest BCUT2D eigenvalue weighted by atomic mass is 10.2. The molecule has 6 nitrogen and oxygen atoms in total. The molecule has 0 amide bonds. The number of nitrogens with zero attached hydrogens (tertiary/aromatic N) is 5. The van der Waals surface area contributed by atoms with E-state index in [2.05, 4.69) is 21.0 Å². The molecule has 0 unspecified atom stereocenters. The summed E-state index contributed by atoms with van der Waals surface area (Å²) in [5.74, 6) is 0.813. The minimum Gasteiger partial charge on any atom is -0.368 e. The molecule has 2 aromatic rings. The average molecular weight is 286 g/mol. The van der Waals surface area contributed by atoms with Crippen molar-refractivity contribution >= 4 is 34.9 Å². The van der Waals surface area contributed by atoms with Crippen molar-refractivity contribution in [3.63, 3.8) is 0 Å². The second-order valence-corrected chi connectivity index (χ2v) is 5.65. The minimum absolute atomic E-state index is 0.0993. The van der Waals surface area contributed by atoms with Crippen LogP contribution < -0.4 is 10.6 Å². The van der Waals surface area contributed by atoms with E-state index in [1.165, 1.54) is 4.88 Å². The number of aromatic nitrogens is 3. The van der Waals surface area contributed by atoms with Gasteiger partial charge in [0.1, 0.15) is 6.07 Å². The number of nitrogen functional groups attached to an aromatic ring is 1. The summed E-state index contributed by atoms with van der Waals surface area (Å²) < 4.78 is 0. The molecule has 0 aliphatic rings.